The lowest BCUT2D eigenvalue weighted by atomic mass is 10.1. The molecule has 29 heavy (non-hydrogen) atoms. The third kappa shape index (κ3) is 5.67. The van der Waals surface area contributed by atoms with Crippen LogP contribution < -0.4 is 5.32 Å². The van der Waals surface area contributed by atoms with Gasteiger partial charge in [-0.1, -0.05) is 55.9 Å². The summed E-state index contributed by atoms with van der Waals surface area (Å²) in [5.74, 6) is 0.943. The largest absolute Gasteiger partial charge is 0.353 e. The number of hydrogen-bond donors (Lipinski definition) is 1. The van der Waals surface area contributed by atoms with Gasteiger partial charge in [-0.15, -0.1) is 10.2 Å². The number of nitrogens with zero attached hydrogens (tertiary/aromatic N) is 3. The first-order valence-electron chi connectivity index (χ1n) is 9.59. The van der Waals surface area contributed by atoms with Gasteiger partial charge in [-0.3, -0.25) is 9.36 Å². The van der Waals surface area contributed by atoms with Crippen LogP contribution in [0.2, 0.25) is 0 Å². The van der Waals surface area contributed by atoms with Crippen LogP contribution in [0.3, 0.4) is 0 Å². The molecule has 3 rings (SSSR count). The summed E-state index contributed by atoms with van der Waals surface area (Å²) in [6.45, 7) is 6.71. The fourth-order valence-electron chi connectivity index (χ4n) is 2.71. The molecule has 2 aromatic carbocycles. The first-order valence-corrected chi connectivity index (χ1v) is 10.6. The van der Waals surface area contributed by atoms with Gasteiger partial charge in [0, 0.05) is 11.6 Å². The number of carbonyl (C=O) groups excluding carboxylic acids is 1. The van der Waals surface area contributed by atoms with E-state index >= 15 is 0 Å². The van der Waals surface area contributed by atoms with Crippen molar-refractivity contribution < 1.29 is 9.18 Å². The van der Waals surface area contributed by atoms with E-state index in [0.29, 0.717) is 23.4 Å². The predicted octanol–water partition coefficient (Wildman–Crippen LogP) is 4.39. The molecular formula is C22H25FN4OS. The van der Waals surface area contributed by atoms with Gasteiger partial charge in [0.2, 0.25) is 5.91 Å². The molecule has 0 saturated carbocycles. The van der Waals surface area contributed by atoms with Gasteiger partial charge >= 0.3 is 0 Å². The smallest absolute Gasteiger partial charge is 0.230 e. The minimum Gasteiger partial charge on any atom is -0.353 e. The number of aromatic nitrogens is 3. The Kier molecular flexibility index (Phi) is 7.04. The van der Waals surface area contributed by atoms with Crippen molar-refractivity contribution in [2.24, 2.45) is 5.92 Å². The monoisotopic (exact) mass is 412 g/mol. The molecule has 0 spiro atoms. The average molecular weight is 413 g/mol. The molecule has 0 aliphatic heterocycles. The molecule has 152 valence electrons. The highest BCUT2D eigenvalue weighted by Gasteiger charge is 2.17. The Balaban J connectivity index is 1.82. The number of amides is 1. The Labute approximate surface area is 174 Å². The van der Waals surface area contributed by atoms with E-state index < -0.39 is 0 Å². The van der Waals surface area contributed by atoms with E-state index in [1.807, 2.05) is 41.8 Å². The molecule has 0 aliphatic rings. The van der Waals surface area contributed by atoms with Gasteiger partial charge in [0.15, 0.2) is 11.0 Å². The quantitative estimate of drug-likeness (QED) is 0.558. The van der Waals surface area contributed by atoms with Crippen LogP contribution in [0.1, 0.15) is 26.3 Å². The maximum atomic E-state index is 13.3. The van der Waals surface area contributed by atoms with Gasteiger partial charge in [-0.2, -0.15) is 0 Å². The van der Waals surface area contributed by atoms with Crippen LogP contribution in [0, 0.1) is 11.7 Å². The van der Waals surface area contributed by atoms with Gasteiger partial charge < -0.3 is 5.32 Å². The van der Waals surface area contributed by atoms with E-state index in [9.17, 15) is 9.18 Å². The molecule has 0 radical (unpaired) electrons. The number of hydrogen-bond acceptors (Lipinski definition) is 4. The van der Waals surface area contributed by atoms with Crippen LogP contribution in [0.5, 0.6) is 0 Å². The fraction of sp³-hybridized carbons (Fsp3) is 0.318. The highest BCUT2D eigenvalue weighted by Crippen LogP contribution is 2.25. The van der Waals surface area contributed by atoms with Crippen LogP contribution in [0.25, 0.3) is 11.4 Å². The van der Waals surface area contributed by atoms with E-state index in [-0.39, 0.29) is 23.5 Å². The molecule has 3 aromatic rings. The molecule has 1 aromatic heterocycles. The van der Waals surface area contributed by atoms with Gasteiger partial charge in [0.1, 0.15) is 5.82 Å². The van der Waals surface area contributed by atoms with Crippen molar-refractivity contribution in [3.63, 3.8) is 0 Å². The molecule has 5 nitrogen and oxygen atoms in total. The zero-order valence-electron chi connectivity index (χ0n) is 16.8. The van der Waals surface area contributed by atoms with E-state index in [2.05, 4.69) is 29.4 Å². The number of thioether (sulfide) groups is 1. The second-order valence-electron chi connectivity index (χ2n) is 7.27. The topological polar surface area (TPSA) is 59.8 Å². The molecule has 1 N–H and O–H groups in total. The molecule has 0 saturated heterocycles. The molecule has 1 atom stereocenters. The summed E-state index contributed by atoms with van der Waals surface area (Å²) in [5.41, 5.74) is 1.87. The zero-order valence-corrected chi connectivity index (χ0v) is 17.6. The van der Waals surface area contributed by atoms with Gasteiger partial charge in [-0.05, 0) is 42.7 Å². The summed E-state index contributed by atoms with van der Waals surface area (Å²) in [7, 11) is 0. The Hall–Kier alpha value is -2.67. The van der Waals surface area contributed by atoms with E-state index in [0.717, 1.165) is 11.1 Å². The van der Waals surface area contributed by atoms with Gasteiger partial charge in [0.25, 0.3) is 0 Å². The Bertz CT molecular complexity index is 941. The molecule has 1 amide bonds. The lowest BCUT2D eigenvalue weighted by Gasteiger charge is -2.17. The van der Waals surface area contributed by atoms with Crippen molar-refractivity contribution in [1.29, 1.82) is 0 Å². The zero-order chi connectivity index (χ0) is 20.8. The first kappa shape index (κ1) is 21.0. The minimum absolute atomic E-state index is 0.0335. The Morgan fingerprint density at radius 3 is 2.41 bits per heavy atom. The maximum Gasteiger partial charge on any atom is 0.230 e. The SMILES string of the molecule is CC(C)C(C)NC(=O)CSc1nnc(-c2ccc(F)cc2)n1Cc1ccccc1. The fourth-order valence-corrected chi connectivity index (χ4v) is 3.46. The highest BCUT2D eigenvalue weighted by molar-refractivity contribution is 7.99. The Morgan fingerprint density at radius 2 is 1.76 bits per heavy atom. The number of nitrogens with one attached hydrogen (secondary N) is 1. The maximum absolute atomic E-state index is 13.3. The Morgan fingerprint density at radius 1 is 1.07 bits per heavy atom. The number of benzene rings is 2. The minimum atomic E-state index is -0.298. The molecular weight excluding hydrogens is 387 g/mol. The van der Waals surface area contributed by atoms with Crippen LogP contribution in [0.4, 0.5) is 4.39 Å². The van der Waals surface area contributed by atoms with Crippen LogP contribution in [-0.4, -0.2) is 32.5 Å². The third-order valence-electron chi connectivity index (χ3n) is 4.72. The van der Waals surface area contributed by atoms with Crippen LogP contribution >= 0.6 is 11.8 Å². The summed E-state index contributed by atoms with van der Waals surface area (Å²) >= 11 is 1.35. The molecule has 0 bridgehead atoms. The average Bonchev–Trinajstić information content (AvgIpc) is 3.10. The highest BCUT2D eigenvalue weighted by atomic mass is 32.2. The summed E-state index contributed by atoms with van der Waals surface area (Å²) in [5, 5.41) is 12.3. The molecule has 0 fully saturated rings. The van der Waals surface area contributed by atoms with Gasteiger partial charge in [-0.25, -0.2) is 4.39 Å². The van der Waals surface area contributed by atoms with Crippen molar-refractivity contribution in [3.8, 4) is 11.4 Å². The van der Waals surface area contributed by atoms with E-state index in [4.69, 9.17) is 0 Å². The van der Waals surface area contributed by atoms with E-state index in [1.54, 1.807) is 12.1 Å². The third-order valence-corrected chi connectivity index (χ3v) is 5.69. The van der Waals surface area contributed by atoms with Crippen molar-refractivity contribution in [3.05, 3.63) is 66.0 Å². The van der Waals surface area contributed by atoms with E-state index in [1.165, 1.54) is 23.9 Å². The molecule has 0 aliphatic carbocycles. The van der Waals surface area contributed by atoms with Crippen LogP contribution in [0.15, 0.2) is 59.8 Å². The lowest BCUT2D eigenvalue weighted by Crippen LogP contribution is -2.37. The number of carbonyl (C=O) groups is 1. The summed E-state index contributed by atoms with van der Waals surface area (Å²) < 4.78 is 15.3. The lowest BCUT2D eigenvalue weighted by molar-refractivity contribution is -0.119. The number of rotatable bonds is 8. The van der Waals surface area contributed by atoms with Crippen molar-refractivity contribution in [2.75, 3.05) is 5.75 Å². The second-order valence-corrected chi connectivity index (χ2v) is 8.22. The van der Waals surface area contributed by atoms with Crippen LogP contribution in [-0.2, 0) is 11.3 Å². The van der Waals surface area contributed by atoms with Crippen molar-refractivity contribution in [2.45, 2.75) is 38.5 Å². The number of halogens is 1. The first-order chi connectivity index (χ1) is 13.9. The standard InChI is InChI=1S/C22H25FN4OS/c1-15(2)16(3)24-20(28)14-29-22-26-25-21(18-9-11-19(23)12-10-18)27(22)13-17-7-5-4-6-8-17/h4-12,15-16H,13-14H2,1-3H3,(H,24,28). The van der Waals surface area contributed by atoms with Gasteiger partial charge in [0.05, 0.1) is 12.3 Å². The molecule has 1 unspecified atom stereocenters. The normalized spacial score (nSPS) is 12.2. The summed E-state index contributed by atoms with van der Waals surface area (Å²) in [4.78, 5) is 12.3. The summed E-state index contributed by atoms with van der Waals surface area (Å²) in [6.07, 6.45) is 0. The predicted molar refractivity (Wildman–Crippen MR) is 114 cm³/mol. The summed E-state index contributed by atoms with van der Waals surface area (Å²) in [6, 6.07) is 16.3. The van der Waals surface area contributed by atoms with Crippen molar-refractivity contribution >= 4 is 17.7 Å². The van der Waals surface area contributed by atoms with Crippen molar-refractivity contribution in [1.82, 2.24) is 20.1 Å². The second kappa shape index (κ2) is 9.69. The molecule has 7 heteroatoms. The molecule has 1 heterocycles.